The van der Waals surface area contributed by atoms with Crippen LogP contribution in [0.4, 0.5) is 13.6 Å². The largest absolute Gasteiger partial charge is 0.444 e. The van der Waals surface area contributed by atoms with Gasteiger partial charge in [-0.05, 0) is 20.8 Å². The quantitative estimate of drug-likeness (QED) is 0.839. The number of halogens is 2. The summed E-state index contributed by atoms with van der Waals surface area (Å²) in [5.41, 5.74) is -1.14. The van der Waals surface area contributed by atoms with Gasteiger partial charge in [-0.1, -0.05) is 27.7 Å². The highest BCUT2D eigenvalue weighted by molar-refractivity contribution is 5.68. The number of rotatable bonds is 2. The number of hydrogen-bond acceptors (Lipinski definition) is 3. The van der Waals surface area contributed by atoms with Gasteiger partial charge in [-0.2, -0.15) is 0 Å². The Bertz CT molecular complexity index is 467. The molecule has 1 N–H and O–H groups in total. The first kappa shape index (κ1) is 18.4. The lowest BCUT2D eigenvalue weighted by molar-refractivity contribution is -0.148. The predicted octanol–water partition coefficient (Wildman–Crippen LogP) is 3.66. The lowest BCUT2D eigenvalue weighted by Crippen LogP contribution is -2.77. The Balaban J connectivity index is 2.09. The van der Waals surface area contributed by atoms with E-state index in [-0.39, 0.29) is 35.9 Å². The van der Waals surface area contributed by atoms with Gasteiger partial charge in [0.25, 0.3) is 5.92 Å². The van der Waals surface area contributed by atoms with Crippen LogP contribution in [0.5, 0.6) is 0 Å². The second kappa shape index (κ2) is 5.30. The highest BCUT2D eigenvalue weighted by Crippen LogP contribution is 2.57. The summed E-state index contributed by atoms with van der Waals surface area (Å²) in [4.78, 5) is 14.0. The number of carbonyl (C=O) groups is 1. The fraction of sp³-hybridized carbons (Fsp3) is 0.941. The van der Waals surface area contributed by atoms with Crippen LogP contribution in [0.25, 0.3) is 0 Å². The number of alkyl carbamates (subject to hydrolysis) is 1. The summed E-state index contributed by atoms with van der Waals surface area (Å²) in [6, 6.07) is -0.118. The summed E-state index contributed by atoms with van der Waals surface area (Å²) in [6.45, 7) is 13.8. The van der Waals surface area contributed by atoms with Crippen molar-refractivity contribution in [2.24, 2.45) is 10.8 Å². The molecular formula is C17H30F2N2O2. The molecule has 0 atom stereocenters. The smallest absolute Gasteiger partial charge is 0.407 e. The lowest BCUT2D eigenvalue weighted by atomic mass is 9.47. The summed E-state index contributed by atoms with van der Waals surface area (Å²) >= 11 is 0. The molecule has 23 heavy (non-hydrogen) atoms. The lowest BCUT2D eigenvalue weighted by Gasteiger charge is -2.66. The van der Waals surface area contributed by atoms with Gasteiger partial charge in [0.15, 0.2) is 0 Å². The standard InChI is InChI=1S/C17H30F2N2O2/c1-14(2,3)23-13(22)20-11-15(4,5)12(16(11,6)7)21-9-8-17(18,19)10-21/h11-12H,8-10H2,1-7H3,(H,20,22). The van der Waals surface area contributed by atoms with Crippen LogP contribution >= 0.6 is 0 Å². The van der Waals surface area contributed by atoms with E-state index in [1.807, 2.05) is 53.4 Å². The van der Waals surface area contributed by atoms with E-state index in [9.17, 15) is 13.6 Å². The molecule has 0 radical (unpaired) electrons. The third kappa shape index (κ3) is 3.47. The maximum Gasteiger partial charge on any atom is 0.407 e. The maximum atomic E-state index is 13.6. The molecule has 0 aromatic rings. The van der Waals surface area contributed by atoms with E-state index in [0.717, 1.165) is 0 Å². The number of carbonyl (C=O) groups excluding carboxylic acids is 1. The minimum Gasteiger partial charge on any atom is -0.444 e. The van der Waals surface area contributed by atoms with Crippen LogP contribution < -0.4 is 5.32 Å². The molecular weight excluding hydrogens is 302 g/mol. The average Bonchev–Trinajstić information content (AvgIpc) is 2.62. The van der Waals surface area contributed by atoms with Gasteiger partial charge in [0.1, 0.15) is 5.60 Å². The van der Waals surface area contributed by atoms with Gasteiger partial charge >= 0.3 is 6.09 Å². The Morgan fingerprint density at radius 3 is 2.09 bits per heavy atom. The van der Waals surface area contributed by atoms with Crippen LogP contribution in [-0.4, -0.2) is 47.7 Å². The fourth-order valence-corrected chi connectivity index (χ4v) is 4.86. The van der Waals surface area contributed by atoms with Crippen molar-refractivity contribution in [3.05, 3.63) is 0 Å². The SMILES string of the molecule is CC(C)(C)OC(=O)NC1C(C)(C)C(N2CCC(F)(F)C2)C1(C)C. The third-order valence-corrected chi connectivity index (χ3v) is 5.12. The molecule has 0 spiro atoms. The number of nitrogens with zero attached hydrogens (tertiary/aromatic N) is 1. The van der Waals surface area contributed by atoms with E-state index in [4.69, 9.17) is 4.74 Å². The molecule has 1 aliphatic carbocycles. The van der Waals surface area contributed by atoms with E-state index in [1.54, 1.807) is 0 Å². The van der Waals surface area contributed by atoms with Crippen molar-refractivity contribution in [2.45, 2.75) is 78.5 Å². The van der Waals surface area contributed by atoms with Crippen LogP contribution in [0.2, 0.25) is 0 Å². The highest BCUT2D eigenvalue weighted by atomic mass is 19.3. The molecule has 1 heterocycles. The number of ether oxygens (including phenoxy) is 1. The second-order valence-corrected chi connectivity index (χ2v) is 9.20. The maximum absolute atomic E-state index is 13.6. The summed E-state index contributed by atoms with van der Waals surface area (Å²) in [5.74, 6) is -2.60. The van der Waals surface area contributed by atoms with Crippen molar-refractivity contribution >= 4 is 6.09 Å². The van der Waals surface area contributed by atoms with Crippen molar-refractivity contribution in [1.29, 1.82) is 0 Å². The molecule has 0 aromatic carbocycles. The van der Waals surface area contributed by atoms with Gasteiger partial charge in [0, 0.05) is 35.9 Å². The van der Waals surface area contributed by atoms with E-state index in [1.165, 1.54) is 0 Å². The zero-order valence-electron chi connectivity index (χ0n) is 15.3. The first-order valence-corrected chi connectivity index (χ1v) is 8.28. The number of likely N-dealkylation sites (tertiary alicyclic amines) is 1. The number of hydrogen-bond donors (Lipinski definition) is 1. The molecule has 0 unspecified atom stereocenters. The minimum atomic E-state index is -2.60. The monoisotopic (exact) mass is 332 g/mol. The number of alkyl halides is 2. The highest BCUT2D eigenvalue weighted by Gasteiger charge is 2.65. The van der Waals surface area contributed by atoms with Gasteiger partial charge in [-0.3, -0.25) is 4.90 Å². The zero-order valence-corrected chi connectivity index (χ0v) is 15.3. The number of nitrogens with one attached hydrogen (secondary N) is 1. The van der Waals surface area contributed by atoms with Gasteiger partial charge in [0.2, 0.25) is 0 Å². The van der Waals surface area contributed by atoms with Crippen LogP contribution in [-0.2, 0) is 4.74 Å². The van der Waals surface area contributed by atoms with Crippen molar-refractivity contribution in [2.75, 3.05) is 13.1 Å². The Hall–Kier alpha value is -0.910. The van der Waals surface area contributed by atoms with Crippen molar-refractivity contribution in [3.63, 3.8) is 0 Å². The molecule has 0 bridgehead atoms. The first-order chi connectivity index (χ1) is 10.2. The molecule has 0 aromatic heterocycles. The Morgan fingerprint density at radius 1 is 1.17 bits per heavy atom. The molecule has 2 aliphatic rings. The van der Waals surface area contributed by atoms with Crippen molar-refractivity contribution < 1.29 is 18.3 Å². The second-order valence-electron chi connectivity index (χ2n) is 9.20. The van der Waals surface area contributed by atoms with Gasteiger partial charge in [0.05, 0.1) is 6.54 Å². The van der Waals surface area contributed by atoms with E-state index in [0.29, 0.717) is 6.54 Å². The molecule has 4 nitrogen and oxygen atoms in total. The molecule has 2 fully saturated rings. The molecule has 1 saturated carbocycles. The predicted molar refractivity (Wildman–Crippen MR) is 85.6 cm³/mol. The van der Waals surface area contributed by atoms with Crippen molar-refractivity contribution in [1.82, 2.24) is 10.2 Å². The van der Waals surface area contributed by atoms with Crippen LogP contribution in [0, 0.1) is 10.8 Å². The van der Waals surface area contributed by atoms with Gasteiger partial charge < -0.3 is 10.1 Å². The Labute approximate surface area is 137 Å². The van der Waals surface area contributed by atoms with Crippen LogP contribution in [0.15, 0.2) is 0 Å². The van der Waals surface area contributed by atoms with Crippen LogP contribution in [0.3, 0.4) is 0 Å². The van der Waals surface area contributed by atoms with E-state index in [2.05, 4.69) is 5.32 Å². The molecule has 6 heteroatoms. The average molecular weight is 332 g/mol. The first-order valence-electron chi connectivity index (χ1n) is 8.28. The Morgan fingerprint density at radius 2 is 1.70 bits per heavy atom. The van der Waals surface area contributed by atoms with Crippen molar-refractivity contribution in [3.8, 4) is 0 Å². The van der Waals surface area contributed by atoms with E-state index < -0.39 is 17.6 Å². The van der Waals surface area contributed by atoms with Gasteiger partial charge in [-0.15, -0.1) is 0 Å². The zero-order chi connectivity index (χ0) is 17.8. The number of amides is 1. The molecule has 1 aliphatic heterocycles. The molecule has 2 rings (SSSR count). The summed E-state index contributed by atoms with van der Waals surface area (Å²) < 4.78 is 32.5. The molecule has 1 amide bonds. The van der Waals surface area contributed by atoms with Crippen LogP contribution in [0.1, 0.15) is 54.9 Å². The summed E-state index contributed by atoms with van der Waals surface area (Å²) in [7, 11) is 0. The Kier molecular flexibility index (Phi) is 4.24. The molecule has 134 valence electrons. The van der Waals surface area contributed by atoms with E-state index >= 15 is 0 Å². The van der Waals surface area contributed by atoms with Gasteiger partial charge in [-0.25, -0.2) is 13.6 Å². The third-order valence-electron chi connectivity index (χ3n) is 5.12. The summed E-state index contributed by atoms with van der Waals surface area (Å²) in [6.07, 6.45) is -0.534. The molecule has 1 saturated heterocycles. The fourth-order valence-electron chi connectivity index (χ4n) is 4.86. The minimum absolute atomic E-state index is 0.00307. The summed E-state index contributed by atoms with van der Waals surface area (Å²) in [5, 5.41) is 2.95. The normalized spacial score (nSPS) is 32.2. The topological polar surface area (TPSA) is 41.6 Å².